The fourth-order valence-corrected chi connectivity index (χ4v) is 1.45. The number of aromatic nitrogens is 1. The van der Waals surface area contributed by atoms with Crippen molar-refractivity contribution in [2.75, 3.05) is 6.54 Å². The predicted octanol–water partition coefficient (Wildman–Crippen LogP) is 1.47. The summed E-state index contributed by atoms with van der Waals surface area (Å²) in [5, 5.41) is 3.37. The maximum Gasteiger partial charge on any atom is 0.0223 e. The van der Waals surface area contributed by atoms with Gasteiger partial charge in [0.15, 0.2) is 0 Å². The molecule has 0 fully saturated rings. The average Bonchev–Trinajstić information content (AvgIpc) is 2.28. The van der Waals surface area contributed by atoms with Crippen molar-refractivity contribution in [3.05, 3.63) is 23.5 Å². The molecule has 2 rings (SSSR count). The van der Waals surface area contributed by atoms with Crippen LogP contribution >= 0.6 is 12.4 Å². The van der Waals surface area contributed by atoms with Gasteiger partial charge in [-0.3, -0.25) is 0 Å². The van der Waals surface area contributed by atoms with E-state index in [1.807, 2.05) is 6.20 Å². The summed E-state index contributed by atoms with van der Waals surface area (Å²) in [6.07, 6.45) is 4.49. The molecule has 0 saturated heterocycles. The summed E-state index contributed by atoms with van der Waals surface area (Å²) in [6, 6.07) is 2.16. The summed E-state index contributed by atoms with van der Waals surface area (Å²) in [6.45, 7) is 2.20. The molecule has 0 unspecified atom stereocenters. The summed E-state index contributed by atoms with van der Waals surface area (Å²) >= 11 is 0. The van der Waals surface area contributed by atoms with Crippen LogP contribution in [0.2, 0.25) is 0 Å². The molecule has 0 aromatic carbocycles. The fraction of sp³-hybridized carbons (Fsp3) is 0.500. The van der Waals surface area contributed by atoms with Gasteiger partial charge in [0.25, 0.3) is 0 Å². The minimum atomic E-state index is 0. The molecule has 2 heterocycles. The maximum absolute atomic E-state index is 3.37. The molecule has 0 atom stereocenters. The Labute approximate surface area is 72.8 Å². The first kappa shape index (κ1) is 8.62. The van der Waals surface area contributed by atoms with Crippen molar-refractivity contribution in [3.63, 3.8) is 0 Å². The number of aromatic amines is 1. The first-order chi connectivity index (χ1) is 4.97. The van der Waals surface area contributed by atoms with Crippen LogP contribution in [0.1, 0.15) is 17.7 Å². The molecule has 2 nitrogen and oxygen atoms in total. The van der Waals surface area contributed by atoms with Crippen LogP contribution in [0.5, 0.6) is 0 Å². The second-order valence-electron chi connectivity index (χ2n) is 2.76. The molecule has 62 valence electrons. The molecule has 3 heteroatoms. The number of hydrogen-bond donors (Lipinski definition) is 2. The van der Waals surface area contributed by atoms with Gasteiger partial charge in [-0.15, -0.1) is 12.4 Å². The van der Waals surface area contributed by atoms with Crippen molar-refractivity contribution in [2.45, 2.75) is 19.4 Å². The van der Waals surface area contributed by atoms with Crippen LogP contribution in [0.15, 0.2) is 12.3 Å². The van der Waals surface area contributed by atoms with Gasteiger partial charge < -0.3 is 10.3 Å². The van der Waals surface area contributed by atoms with E-state index in [9.17, 15) is 0 Å². The van der Waals surface area contributed by atoms with Crippen molar-refractivity contribution < 1.29 is 0 Å². The van der Waals surface area contributed by atoms with Crippen LogP contribution in [-0.4, -0.2) is 11.5 Å². The Kier molecular flexibility index (Phi) is 2.97. The molecule has 0 bridgehead atoms. The Morgan fingerprint density at radius 1 is 1.36 bits per heavy atom. The lowest BCUT2D eigenvalue weighted by atomic mass is 10.2. The van der Waals surface area contributed by atoms with Gasteiger partial charge in [-0.1, -0.05) is 0 Å². The van der Waals surface area contributed by atoms with Gasteiger partial charge in [-0.2, -0.15) is 0 Å². The first-order valence-electron chi connectivity index (χ1n) is 3.82. The summed E-state index contributed by atoms with van der Waals surface area (Å²) in [5.74, 6) is 0. The van der Waals surface area contributed by atoms with Gasteiger partial charge in [0.05, 0.1) is 0 Å². The van der Waals surface area contributed by atoms with E-state index in [1.54, 1.807) is 0 Å². The van der Waals surface area contributed by atoms with Crippen LogP contribution in [0.3, 0.4) is 0 Å². The lowest BCUT2D eigenvalue weighted by molar-refractivity contribution is 0.678. The molecule has 1 aromatic heterocycles. The van der Waals surface area contributed by atoms with E-state index < -0.39 is 0 Å². The highest BCUT2D eigenvalue weighted by atomic mass is 35.5. The normalized spacial score (nSPS) is 16.4. The van der Waals surface area contributed by atoms with Crippen LogP contribution in [-0.2, 0) is 13.0 Å². The van der Waals surface area contributed by atoms with Gasteiger partial charge in [0, 0.05) is 18.4 Å². The highest BCUT2D eigenvalue weighted by molar-refractivity contribution is 5.85. The summed E-state index contributed by atoms with van der Waals surface area (Å²) in [4.78, 5) is 3.26. The van der Waals surface area contributed by atoms with Crippen molar-refractivity contribution >= 4 is 12.4 Å². The molecule has 0 spiro atoms. The molecule has 1 aromatic rings. The zero-order chi connectivity index (χ0) is 6.81. The molecule has 0 radical (unpaired) electrons. The highest BCUT2D eigenvalue weighted by Gasteiger charge is 2.05. The van der Waals surface area contributed by atoms with Crippen LogP contribution < -0.4 is 5.32 Å². The van der Waals surface area contributed by atoms with Crippen molar-refractivity contribution in [1.82, 2.24) is 10.3 Å². The summed E-state index contributed by atoms with van der Waals surface area (Å²) in [7, 11) is 0. The third-order valence-corrected chi connectivity index (χ3v) is 2.03. The van der Waals surface area contributed by atoms with Crippen molar-refractivity contribution in [1.29, 1.82) is 0 Å². The van der Waals surface area contributed by atoms with Crippen LogP contribution in [0.4, 0.5) is 0 Å². The largest absolute Gasteiger partial charge is 0.365 e. The molecule has 2 N–H and O–H groups in total. The van der Waals surface area contributed by atoms with Gasteiger partial charge in [-0.05, 0) is 31.0 Å². The van der Waals surface area contributed by atoms with Gasteiger partial charge in [0.2, 0.25) is 0 Å². The second-order valence-corrected chi connectivity index (χ2v) is 2.76. The van der Waals surface area contributed by atoms with E-state index >= 15 is 0 Å². The van der Waals surface area contributed by atoms with Gasteiger partial charge in [0.1, 0.15) is 0 Å². The SMILES string of the molecule is Cl.c1cc2c([nH]1)CCCNC2. The van der Waals surface area contributed by atoms with E-state index in [-0.39, 0.29) is 12.4 Å². The predicted molar refractivity (Wildman–Crippen MR) is 48.1 cm³/mol. The lowest BCUT2D eigenvalue weighted by Crippen LogP contribution is -2.11. The Morgan fingerprint density at radius 3 is 3.18 bits per heavy atom. The quantitative estimate of drug-likeness (QED) is 0.610. The van der Waals surface area contributed by atoms with Gasteiger partial charge >= 0.3 is 0 Å². The molecule has 0 amide bonds. The topological polar surface area (TPSA) is 27.8 Å². The standard InChI is InChI=1S/C8H12N2.ClH/c1-2-8-7(3-5-10-8)6-9-4-1;/h3,5,9-10H,1-2,4,6H2;1H. The van der Waals surface area contributed by atoms with E-state index in [2.05, 4.69) is 16.4 Å². The number of aryl methyl sites for hydroxylation is 1. The number of H-pyrrole nitrogens is 1. The molecule has 11 heavy (non-hydrogen) atoms. The smallest absolute Gasteiger partial charge is 0.0223 e. The average molecular weight is 173 g/mol. The van der Waals surface area contributed by atoms with Gasteiger partial charge in [-0.25, -0.2) is 0 Å². The molecular weight excluding hydrogens is 160 g/mol. The first-order valence-corrected chi connectivity index (χ1v) is 3.82. The number of halogens is 1. The highest BCUT2D eigenvalue weighted by Crippen LogP contribution is 2.10. The third-order valence-electron chi connectivity index (χ3n) is 2.03. The molecule has 1 aliphatic heterocycles. The van der Waals surface area contributed by atoms with Crippen LogP contribution in [0, 0.1) is 0 Å². The fourth-order valence-electron chi connectivity index (χ4n) is 1.45. The number of rotatable bonds is 0. The zero-order valence-corrected chi connectivity index (χ0v) is 7.21. The Balaban J connectivity index is 0.000000605. The van der Waals surface area contributed by atoms with Crippen molar-refractivity contribution in [3.8, 4) is 0 Å². The lowest BCUT2D eigenvalue weighted by Gasteiger charge is -1.95. The minimum absolute atomic E-state index is 0. The van der Waals surface area contributed by atoms with E-state index in [0.717, 1.165) is 13.1 Å². The van der Waals surface area contributed by atoms with E-state index in [4.69, 9.17) is 0 Å². The van der Waals surface area contributed by atoms with E-state index in [0.29, 0.717) is 0 Å². The summed E-state index contributed by atoms with van der Waals surface area (Å²) in [5.41, 5.74) is 2.86. The molecule has 0 aliphatic carbocycles. The summed E-state index contributed by atoms with van der Waals surface area (Å²) < 4.78 is 0. The third kappa shape index (κ3) is 1.76. The monoisotopic (exact) mass is 172 g/mol. The number of nitrogens with one attached hydrogen (secondary N) is 2. The molecule has 1 aliphatic rings. The molecule has 0 saturated carbocycles. The second kappa shape index (κ2) is 3.79. The Bertz CT molecular complexity index is 199. The van der Waals surface area contributed by atoms with E-state index in [1.165, 1.54) is 24.1 Å². The molecular formula is C8H13ClN2. The zero-order valence-electron chi connectivity index (χ0n) is 6.39. The number of hydrogen-bond acceptors (Lipinski definition) is 1. The van der Waals surface area contributed by atoms with Crippen LogP contribution in [0.25, 0.3) is 0 Å². The maximum atomic E-state index is 3.37. The number of fused-ring (bicyclic) bond motifs is 1. The van der Waals surface area contributed by atoms with Crippen molar-refractivity contribution in [2.24, 2.45) is 0 Å². The Morgan fingerprint density at radius 2 is 2.27 bits per heavy atom. The minimum Gasteiger partial charge on any atom is -0.365 e. The Hall–Kier alpha value is -0.470.